The van der Waals surface area contributed by atoms with E-state index in [9.17, 15) is 9.59 Å². The van der Waals surface area contributed by atoms with Crippen LogP contribution in [-0.4, -0.2) is 35.8 Å². The number of H-pyrrole nitrogens is 1. The van der Waals surface area contributed by atoms with Crippen molar-refractivity contribution < 1.29 is 4.74 Å². The lowest BCUT2D eigenvalue weighted by molar-refractivity contribution is 0.415. The Kier molecular flexibility index (Phi) is 3.87. The first-order chi connectivity index (χ1) is 12.9. The van der Waals surface area contributed by atoms with E-state index in [2.05, 4.69) is 29.0 Å². The Labute approximate surface area is 153 Å². The smallest absolute Gasteiger partial charge is 0.329 e. The first kappa shape index (κ1) is 17.1. The van der Waals surface area contributed by atoms with Gasteiger partial charge in [0.05, 0.1) is 7.11 Å². The Morgan fingerprint density at radius 1 is 1.15 bits per heavy atom. The molecule has 3 heterocycles. The van der Waals surface area contributed by atoms with E-state index in [0.717, 1.165) is 11.3 Å². The molecule has 0 unspecified atom stereocenters. The molecule has 0 spiro atoms. The van der Waals surface area contributed by atoms with Crippen molar-refractivity contribution in [2.45, 2.75) is 20.4 Å². The van der Waals surface area contributed by atoms with E-state index in [-0.39, 0.29) is 5.92 Å². The fourth-order valence-electron chi connectivity index (χ4n) is 3.31. The van der Waals surface area contributed by atoms with Crippen molar-refractivity contribution in [1.82, 2.24) is 28.7 Å². The number of imidazole rings is 1. The van der Waals surface area contributed by atoms with Crippen LogP contribution in [0.3, 0.4) is 0 Å². The van der Waals surface area contributed by atoms with Crippen molar-refractivity contribution in [2.75, 3.05) is 7.11 Å². The van der Waals surface area contributed by atoms with Crippen molar-refractivity contribution in [3.8, 4) is 17.1 Å². The van der Waals surface area contributed by atoms with Crippen LogP contribution in [0.25, 0.3) is 28.3 Å². The molecule has 0 aliphatic rings. The third kappa shape index (κ3) is 2.54. The predicted molar refractivity (Wildman–Crippen MR) is 101 cm³/mol. The lowest BCUT2D eigenvalue weighted by Gasteiger charge is -2.07. The van der Waals surface area contributed by atoms with Gasteiger partial charge in [0.15, 0.2) is 17.0 Å². The SMILES string of the molecule is COc1ccc(-c2nnc3n(CC(C)C)c4c(=O)[nH]c(=O)n(C)c4n23)cc1. The van der Waals surface area contributed by atoms with Crippen molar-refractivity contribution in [3.05, 3.63) is 45.1 Å². The Balaban J connectivity index is 2.13. The first-order valence-corrected chi connectivity index (χ1v) is 8.63. The van der Waals surface area contributed by atoms with Crippen LogP contribution in [0.1, 0.15) is 13.8 Å². The largest absolute Gasteiger partial charge is 0.497 e. The third-order valence-electron chi connectivity index (χ3n) is 4.53. The number of fused-ring (bicyclic) bond motifs is 3. The van der Waals surface area contributed by atoms with Gasteiger partial charge >= 0.3 is 5.69 Å². The molecule has 140 valence electrons. The molecule has 0 saturated carbocycles. The highest BCUT2D eigenvalue weighted by Crippen LogP contribution is 2.26. The molecule has 0 saturated heterocycles. The number of aryl methyl sites for hydroxylation is 1. The number of aromatic nitrogens is 6. The van der Waals surface area contributed by atoms with E-state index in [0.29, 0.717) is 29.3 Å². The molecule has 0 fully saturated rings. The number of aromatic amines is 1. The van der Waals surface area contributed by atoms with Gasteiger partial charge < -0.3 is 9.30 Å². The van der Waals surface area contributed by atoms with Crippen LogP contribution in [0.2, 0.25) is 0 Å². The molecule has 9 heteroatoms. The number of methoxy groups -OCH3 is 1. The van der Waals surface area contributed by atoms with Crippen molar-refractivity contribution in [3.63, 3.8) is 0 Å². The van der Waals surface area contributed by atoms with Crippen LogP contribution >= 0.6 is 0 Å². The van der Waals surface area contributed by atoms with Crippen molar-refractivity contribution >= 4 is 16.9 Å². The van der Waals surface area contributed by atoms with E-state index in [4.69, 9.17) is 4.74 Å². The molecule has 0 bridgehead atoms. The van der Waals surface area contributed by atoms with Crippen LogP contribution in [-0.2, 0) is 13.6 Å². The summed E-state index contributed by atoms with van der Waals surface area (Å²) in [5.41, 5.74) is 0.769. The van der Waals surface area contributed by atoms with E-state index < -0.39 is 11.2 Å². The highest BCUT2D eigenvalue weighted by molar-refractivity contribution is 5.79. The molecular weight excluding hydrogens is 348 g/mol. The van der Waals surface area contributed by atoms with Crippen molar-refractivity contribution in [1.29, 1.82) is 0 Å². The molecule has 0 aliphatic carbocycles. The minimum Gasteiger partial charge on any atom is -0.497 e. The molecule has 1 N–H and O–H groups in total. The zero-order chi connectivity index (χ0) is 19.3. The lowest BCUT2D eigenvalue weighted by atomic mass is 10.2. The second kappa shape index (κ2) is 6.11. The van der Waals surface area contributed by atoms with Crippen molar-refractivity contribution in [2.24, 2.45) is 13.0 Å². The minimum atomic E-state index is -0.481. The van der Waals surface area contributed by atoms with Gasteiger partial charge in [0, 0.05) is 19.2 Å². The second-order valence-electron chi connectivity index (χ2n) is 6.88. The minimum absolute atomic E-state index is 0.280. The molecular formula is C18H20N6O3. The normalized spacial score (nSPS) is 11.7. The Bertz CT molecular complexity index is 1260. The molecule has 3 aromatic heterocycles. The van der Waals surface area contributed by atoms with Gasteiger partial charge in [-0.15, -0.1) is 10.2 Å². The summed E-state index contributed by atoms with van der Waals surface area (Å²) in [6, 6.07) is 7.39. The van der Waals surface area contributed by atoms with Crippen LogP contribution < -0.4 is 16.0 Å². The molecule has 9 nitrogen and oxygen atoms in total. The molecule has 0 amide bonds. The number of hydrogen-bond acceptors (Lipinski definition) is 5. The number of nitrogens with one attached hydrogen (secondary N) is 1. The van der Waals surface area contributed by atoms with E-state index in [1.54, 1.807) is 18.6 Å². The number of benzene rings is 1. The average molecular weight is 368 g/mol. The molecule has 4 rings (SSSR count). The van der Waals surface area contributed by atoms with Gasteiger partial charge in [0.1, 0.15) is 5.75 Å². The molecule has 0 radical (unpaired) electrons. The summed E-state index contributed by atoms with van der Waals surface area (Å²) >= 11 is 0. The first-order valence-electron chi connectivity index (χ1n) is 8.63. The summed E-state index contributed by atoms with van der Waals surface area (Å²) in [4.78, 5) is 27.2. The monoisotopic (exact) mass is 368 g/mol. The number of nitrogens with zero attached hydrogens (tertiary/aromatic N) is 5. The molecule has 4 aromatic rings. The average Bonchev–Trinajstić information content (AvgIpc) is 3.19. The summed E-state index contributed by atoms with van der Waals surface area (Å²) in [5, 5.41) is 8.64. The standard InChI is InChI=1S/C18H20N6O3/c1-10(2)9-23-13-15(25)19-18(26)22(3)16(13)24-14(20-21-17(23)24)11-5-7-12(27-4)8-6-11/h5-8,10H,9H2,1-4H3,(H,19,25,26). The highest BCUT2D eigenvalue weighted by Gasteiger charge is 2.23. The van der Waals surface area contributed by atoms with Gasteiger partial charge in [-0.1, -0.05) is 13.8 Å². The van der Waals surface area contributed by atoms with Crippen LogP contribution in [0.5, 0.6) is 5.75 Å². The molecule has 27 heavy (non-hydrogen) atoms. The number of rotatable bonds is 4. The molecule has 0 atom stereocenters. The fraction of sp³-hybridized carbons (Fsp3) is 0.333. The van der Waals surface area contributed by atoms with Gasteiger partial charge in [0.25, 0.3) is 5.56 Å². The van der Waals surface area contributed by atoms with E-state index >= 15 is 0 Å². The summed E-state index contributed by atoms with van der Waals surface area (Å²) in [6.45, 7) is 4.69. The molecule has 1 aromatic carbocycles. The predicted octanol–water partition coefficient (Wildman–Crippen LogP) is 1.40. The third-order valence-corrected chi connectivity index (χ3v) is 4.53. The Morgan fingerprint density at radius 3 is 2.48 bits per heavy atom. The summed E-state index contributed by atoms with van der Waals surface area (Å²) in [6.07, 6.45) is 0. The number of ether oxygens (including phenoxy) is 1. The lowest BCUT2D eigenvalue weighted by Crippen LogP contribution is -2.29. The zero-order valence-electron chi connectivity index (χ0n) is 15.6. The van der Waals surface area contributed by atoms with Crippen LogP contribution in [0.4, 0.5) is 0 Å². The van der Waals surface area contributed by atoms with Crippen LogP contribution in [0, 0.1) is 5.92 Å². The molecule has 0 aliphatic heterocycles. The van der Waals surface area contributed by atoms with E-state index in [1.165, 1.54) is 4.57 Å². The maximum Gasteiger partial charge on any atom is 0.329 e. The Morgan fingerprint density at radius 2 is 1.85 bits per heavy atom. The topological polar surface area (TPSA) is 99.2 Å². The highest BCUT2D eigenvalue weighted by atomic mass is 16.5. The number of hydrogen-bond donors (Lipinski definition) is 1. The van der Waals surface area contributed by atoms with Gasteiger partial charge in [-0.05, 0) is 30.2 Å². The Hall–Kier alpha value is -3.36. The quantitative estimate of drug-likeness (QED) is 0.587. The fourth-order valence-corrected chi connectivity index (χ4v) is 3.31. The second-order valence-corrected chi connectivity index (χ2v) is 6.88. The summed E-state index contributed by atoms with van der Waals surface area (Å²) < 4.78 is 10.2. The summed E-state index contributed by atoms with van der Waals surface area (Å²) in [7, 11) is 3.23. The van der Waals surface area contributed by atoms with Crippen LogP contribution in [0.15, 0.2) is 33.9 Å². The maximum atomic E-state index is 12.6. The zero-order valence-corrected chi connectivity index (χ0v) is 15.6. The maximum absolute atomic E-state index is 12.6. The van der Waals surface area contributed by atoms with Gasteiger partial charge in [0.2, 0.25) is 5.78 Å². The van der Waals surface area contributed by atoms with Gasteiger partial charge in [-0.3, -0.25) is 14.3 Å². The van der Waals surface area contributed by atoms with Gasteiger partial charge in [-0.25, -0.2) is 9.20 Å². The van der Waals surface area contributed by atoms with E-state index in [1.807, 2.05) is 28.8 Å². The van der Waals surface area contributed by atoms with Gasteiger partial charge in [-0.2, -0.15) is 0 Å². The summed E-state index contributed by atoms with van der Waals surface area (Å²) in [5.74, 6) is 2.09.